The molecule has 0 heterocycles. The van der Waals surface area contributed by atoms with Crippen molar-refractivity contribution in [2.45, 2.75) is 13.8 Å². The van der Waals surface area contributed by atoms with Crippen molar-refractivity contribution in [2.24, 2.45) is 0 Å². The van der Waals surface area contributed by atoms with Crippen LogP contribution in [-0.2, 0) is 0 Å². The highest BCUT2D eigenvalue weighted by molar-refractivity contribution is 5.63. The van der Waals surface area contributed by atoms with Gasteiger partial charge in [-0.2, -0.15) is 0 Å². The fourth-order valence-electron chi connectivity index (χ4n) is 1.47. The van der Waals surface area contributed by atoms with Crippen LogP contribution in [0.15, 0.2) is 36.4 Å². The molecule has 0 aromatic heterocycles. The lowest BCUT2D eigenvalue weighted by molar-refractivity contribution is 1.43. The summed E-state index contributed by atoms with van der Waals surface area (Å²) in [4.78, 5) is 0. The second-order valence-corrected chi connectivity index (χ2v) is 3.56. The Bertz CT molecular complexity index is 398. The van der Waals surface area contributed by atoms with Crippen molar-refractivity contribution in [1.29, 1.82) is 0 Å². The molecule has 0 amide bonds. The summed E-state index contributed by atoms with van der Waals surface area (Å²) in [5.74, 6) is 0. The summed E-state index contributed by atoms with van der Waals surface area (Å²) < 4.78 is 0. The van der Waals surface area contributed by atoms with Gasteiger partial charge in [0.05, 0.1) is 0 Å². The molecule has 68 valence electrons. The summed E-state index contributed by atoms with van der Waals surface area (Å²) in [7, 11) is 0. The molecule has 0 unspecified atom stereocenters. The first-order chi connectivity index (χ1) is 6.75. The summed E-state index contributed by atoms with van der Waals surface area (Å²) >= 11 is 0. The fourth-order valence-corrected chi connectivity index (χ4v) is 1.47. The molecule has 0 aliphatic rings. The van der Waals surface area contributed by atoms with E-state index in [1.54, 1.807) is 0 Å². The molecule has 2 radical (unpaired) electrons. The number of rotatable bonds is 1. The number of benzene rings is 2. The minimum absolute atomic E-state index is 1.12. The largest absolute Gasteiger partial charge is 0.0587 e. The molecule has 0 saturated heterocycles. The third-order valence-electron chi connectivity index (χ3n) is 2.20. The van der Waals surface area contributed by atoms with E-state index in [9.17, 15) is 0 Å². The van der Waals surface area contributed by atoms with E-state index in [4.69, 9.17) is 0 Å². The molecule has 0 bridgehead atoms. The lowest BCUT2D eigenvalue weighted by Crippen LogP contribution is -1.81. The second-order valence-electron chi connectivity index (χ2n) is 3.56. The van der Waals surface area contributed by atoms with Gasteiger partial charge < -0.3 is 0 Å². The second kappa shape index (κ2) is 3.67. The average Bonchev–Trinajstić information content (AvgIpc) is 2.18. The van der Waals surface area contributed by atoms with Crippen LogP contribution >= 0.6 is 0 Å². The van der Waals surface area contributed by atoms with Gasteiger partial charge in [0.25, 0.3) is 0 Å². The van der Waals surface area contributed by atoms with Crippen molar-refractivity contribution in [3.63, 3.8) is 0 Å². The summed E-state index contributed by atoms with van der Waals surface area (Å²) in [5.41, 5.74) is 4.75. The SMILES string of the molecule is Cc1cc[c]c(-c2[c]ccc(C)c2)c1. The fraction of sp³-hybridized carbons (Fsp3) is 0.143. The topological polar surface area (TPSA) is 0 Å². The Balaban J connectivity index is 2.49. The predicted octanol–water partition coefficient (Wildman–Crippen LogP) is 3.57. The monoisotopic (exact) mass is 180 g/mol. The molecule has 2 aromatic carbocycles. The Morgan fingerprint density at radius 2 is 1.21 bits per heavy atom. The molecule has 0 spiro atoms. The zero-order valence-electron chi connectivity index (χ0n) is 8.46. The van der Waals surface area contributed by atoms with Gasteiger partial charge in [-0.05, 0) is 37.1 Å². The Labute approximate surface area is 85.2 Å². The predicted molar refractivity (Wildman–Crippen MR) is 59.0 cm³/mol. The minimum atomic E-state index is 1.12. The first-order valence-electron chi connectivity index (χ1n) is 4.73. The highest BCUT2D eigenvalue weighted by atomic mass is 14.0. The normalized spacial score (nSPS) is 10.1. The first kappa shape index (κ1) is 9.01. The molecule has 2 rings (SSSR count). The Morgan fingerprint density at radius 3 is 1.57 bits per heavy atom. The molecule has 0 fully saturated rings. The van der Waals surface area contributed by atoms with Crippen molar-refractivity contribution < 1.29 is 0 Å². The highest BCUT2D eigenvalue weighted by Crippen LogP contribution is 2.19. The van der Waals surface area contributed by atoms with Crippen LogP contribution in [0.3, 0.4) is 0 Å². The molecule has 0 heteroatoms. The maximum Gasteiger partial charge on any atom is -0.00962 e. The van der Waals surface area contributed by atoms with Crippen LogP contribution in [-0.4, -0.2) is 0 Å². The van der Waals surface area contributed by atoms with Gasteiger partial charge in [0.1, 0.15) is 0 Å². The molecule has 0 aliphatic carbocycles. The zero-order chi connectivity index (χ0) is 9.97. The van der Waals surface area contributed by atoms with Crippen LogP contribution in [0.4, 0.5) is 0 Å². The van der Waals surface area contributed by atoms with Crippen molar-refractivity contribution in [1.82, 2.24) is 0 Å². The molecule has 14 heavy (non-hydrogen) atoms. The van der Waals surface area contributed by atoms with Gasteiger partial charge in [-0.25, -0.2) is 0 Å². The zero-order valence-corrected chi connectivity index (χ0v) is 8.46. The van der Waals surface area contributed by atoms with Gasteiger partial charge in [-0.1, -0.05) is 47.5 Å². The van der Waals surface area contributed by atoms with E-state index >= 15 is 0 Å². The minimum Gasteiger partial charge on any atom is -0.0587 e. The molecule has 0 saturated carbocycles. The first-order valence-corrected chi connectivity index (χ1v) is 4.73. The maximum absolute atomic E-state index is 3.22. The van der Waals surface area contributed by atoms with Crippen LogP contribution in [0.2, 0.25) is 0 Å². The van der Waals surface area contributed by atoms with Gasteiger partial charge in [0.2, 0.25) is 0 Å². The van der Waals surface area contributed by atoms with Crippen LogP contribution in [0, 0.1) is 26.0 Å². The standard InChI is InChI=1S/C14H12/c1-11-5-3-7-13(9-11)14-8-4-6-12(2)10-14/h3-6,9-10H,1-2H3. The lowest BCUT2D eigenvalue weighted by Gasteiger charge is -2.02. The Morgan fingerprint density at radius 1 is 0.786 bits per heavy atom. The number of aryl methyl sites for hydroxylation is 2. The highest BCUT2D eigenvalue weighted by Gasteiger charge is 1.97. The average molecular weight is 180 g/mol. The van der Waals surface area contributed by atoms with E-state index in [2.05, 4.69) is 50.2 Å². The van der Waals surface area contributed by atoms with Crippen molar-refractivity contribution in [3.05, 3.63) is 59.7 Å². The van der Waals surface area contributed by atoms with Crippen LogP contribution in [0.25, 0.3) is 11.1 Å². The van der Waals surface area contributed by atoms with E-state index in [0.717, 1.165) is 11.1 Å². The van der Waals surface area contributed by atoms with Gasteiger partial charge in [0.15, 0.2) is 0 Å². The third-order valence-corrected chi connectivity index (χ3v) is 2.20. The van der Waals surface area contributed by atoms with Crippen LogP contribution in [0.5, 0.6) is 0 Å². The van der Waals surface area contributed by atoms with Gasteiger partial charge >= 0.3 is 0 Å². The van der Waals surface area contributed by atoms with Crippen molar-refractivity contribution in [3.8, 4) is 11.1 Å². The smallest absolute Gasteiger partial charge is 0.00962 e. The lowest BCUT2D eigenvalue weighted by atomic mass is 10.0. The number of hydrogen-bond acceptors (Lipinski definition) is 0. The van der Waals surface area contributed by atoms with Gasteiger partial charge in [0, 0.05) is 0 Å². The molecule has 2 aromatic rings. The maximum atomic E-state index is 3.22. The van der Waals surface area contributed by atoms with E-state index in [0.29, 0.717) is 0 Å². The van der Waals surface area contributed by atoms with E-state index in [1.807, 2.05) is 12.1 Å². The van der Waals surface area contributed by atoms with Crippen LogP contribution < -0.4 is 0 Å². The molecule has 0 atom stereocenters. The summed E-state index contributed by atoms with van der Waals surface area (Å²) in [6, 6.07) is 18.7. The summed E-state index contributed by atoms with van der Waals surface area (Å²) in [6.07, 6.45) is 0. The molecular weight excluding hydrogens is 168 g/mol. The van der Waals surface area contributed by atoms with E-state index in [1.165, 1.54) is 11.1 Å². The number of hydrogen-bond donors (Lipinski definition) is 0. The van der Waals surface area contributed by atoms with E-state index < -0.39 is 0 Å². The van der Waals surface area contributed by atoms with Crippen LogP contribution in [0.1, 0.15) is 11.1 Å². The third kappa shape index (κ3) is 1.85. The van der Waals surface area contributed by atoms with Crippen molar-refractivity contribution >= 4 is 0 Å². The van der Waals surface area contributed by atoms with Crippen molar-refractivity contribution in [2.75, 3.05) is 0 Å². The molecule has 0 nitrogen and oxygen atoms in total. The molecular formula is C14H12. The Kier molecular flexibility index (Phi) is 2.36. The van der Waals surface area contributed by atoms with E-state index in [-0.39, 0.29) is 0 Å². The summed E-state index contributed by atoms with van der Waals surface area (Å²) in [6.45, 7) is 4.18. The van der Waals surface area contributed by atoms with Gasteiger partial charge in [-0.3, -0.25) is 0 Å². The Hall–Kier alpha value is -1.56. The summed E-state index contributed by atoms with van der Waals surface area (Å²) in [5, 5.41) is 0. The molecule has 0 aliphatic heterocycles. The quantitative estimate of drug-likeness (QED) is 0.629. The molecule has 0 N–H and O–H groups in total. The van der Waals surface area contributed by atoms with Gasteiger partial charge in [-0.15, -0.1) is 0 Å².